The van der Waals surface area contributed by atoms with Crippen LogP contribution < -0.4 is 0 Å². The lowest BCUT2D eigenvalue weighted by Gasteiger charge is -2.34. The van der Waals surface area contributed by atoms with Crippen molar-refractivity contribution in [3.63, 3.8) is 0 Å². The summed E-state index contributed by atoms with van der Waals surface area (Å²) >= 11 is 0. The molecule has 1 saturated heterocycles. The van der Waals surface area contributed by atoms with Crippen molar-refractivity contribution in [2.24, 2.45) is 0 Å². The van der Waals surface area contributed by atoms with Gasteiger partial charge in [-0.25, -0.2) is 21.6 Å². The topological polar surface area (TPSA) is 83.7 Å². The average molecular weight is 465 g/mol. The zero-order valence-electron chi connectivity index (χ0n) is 16.9. The van der Waals surface area contributed by atoms with Crippen molar-refractivity contribution >= 4 is 15.9 Å². The Bertz CT molecular complexity index is 1250. The van der Waals surface area contributed by atoms with Crippen molar-refractivity contribution in [2.45, 2.75) is 11.8 Å². The molecule has 168 valence electrons. The molecule has 1 amide bonds. The summed E-state index contributed by atoms with van der Waals surface area (Å²) in [5.74, 6) is -2.96. The van der Waals surface area contributed by atoms with E-state index in [1.807, 2.05) is 0 Å². The molecular formula is C21H18F3N3O4S. The summed E-state index contributed by atoms with van der Waals surface area (Å²) < 4.78 is 72.9. The minimum atomic E-state index is -4.41. The first kappa shape index (κ1) is 22.0. The lowest BCUT2D eigenvalue weighted by Crippen LogP contribution is -2.50. The number of carbonyl (C=O) groups excluding carboxylic acids is 1. The van der Waals surface area contributed by atoms with Crippen LogP contribution in [0.25, 0.3) is 11.3 Å². The normalized spacial score (nSPS) is 15.2. The first-order valence-electron chi connectivity index (χ1n) is 9.66. The number of benzene rings is 2. The number of rotatable bonds is 4. The zero-order valence-corrected chi connectivity index (χ0v) is 17.7. The lowest BCUT2D eigenvalue weighted by atomic mass is 10.0. The van der Waals surface area contributed by atoms with E-state index in [-0.39, 0.29) is 43.2 Å². The van der Waals surface area contributed by atoms with Crippen LogP contribution in [0.1, 0.15) is 16.1 Å². The number of carbonyl (C=O) groups is 1. The first-order chi connectivity index (χ1) is 15.2. The molecule has 0 radical (unpaired) electrons. The third-order valence-corrected chi connectivity index (χ3v) is 7.19. The fourth-order valence-electron chi connectivity index (χ4n) is 3.58. The van der Waals surface area contributed by atoms with E-state index in [4.69, 9.17) is 4.52 Å². The molecule has 1 fully saturated rings. The third kappa shape index (κ3) is 3.89. The highest BCUT2D eigenvalue weighted by Gasteiger charge is 2.35. The molecule has 0 unspecified atom stereocenters. The van der Waals surface area contributed by atoms with Crippen LogP contribution in [0.2, 0.25) is 0 Å². The number of sulfonamides is 1. The van der Waals surface area contributed by atoms with Crippen LogP contribution in [0.5, 0.6) is 0 Å². The molecule has 1 aliphatic heterocycles. The smallest absolute Gasteiger partial charge is 0.259 e. The molecule has 2 aromatic carbocycles. The van der Waals surface area contributed by atoms with E-state index in [1.54, 1.807) is 6.92 Å². The number of hydrogen-bond acceptors (Lipinski definition) is 5. The molecule has 32 heavy (non-hydrogen) atoms. The molecule has 7 nitrogen and oxygen atoms in total. The maximum absolute atomic E-state index is 14.0. The Hall–Kier alpha value is -3.18. The van der Waals surface area contributed by atoms with Crippen LogP contribution >= 0.6 is 0 Å². The van der Waals surface area contributed by atoms with Crippen LogP contribution in [0, 0.1) is 24.4 Å². The quantitative estimate of drug-likeness (QED) is 0.591. The third-order valence-electron chi connectivity index (χ3n) is 5.24. The Balaban J connectivity index is 1.54. The zero-order chi connectivity index (χ0) is 23.0. The minimum absolute atomic E-state index is 0.00160. The van der Waals surface area contributed by atoms with Gasteiger partial charge in [-0.3, -0.25) is 4.79 Å². The molecule has 1 aliphatic rings. The highest BCUT2D eigenvalue weighted by Crippen LogP contribution is 2.28. The highest BCUT2D eigenvalue weighted by atomic mass is 32.2. The summed E-state index contributed by atoms with van der Waals surface area (Å²) in [6.45, 7) is 1.29. The predicted octanol–water partition coefficient (Wildman–Crippen LogP) is 3.21. The number of amides is 1. The standard InChI is InChI=1S/C21H18F3N3O4S/c1-13-18(19(25-31-13)14-5-7-15(22)8-6-14)21(28)26-9-11-27(12-10-26)32(29,30)20-16(23)3-2-4-17(20)24/h2-8H,9-12H2,1H3. The second kappa shape index (κ2) is 8.40. The number of hydrogen-bond donors (Lipinski definition) is 0. The average Bonchev–Trinajstić information content (AvgIpc) is 3.15. The summed E-state index contributed by atoms with van der Waals surface area (Å²) in [4.78, 5) is 13.5. The van der Waals surface area contributed by atoms with E-state index in [0.717, 1.165) is 22.5 Å². The van der Waals surface area contributed by atoms with Gasteiger partial charge in [0.2, 0.25) is 10.0 Å². The largest absolute Gasteiger partial charge is 0.360 e. The Kier molecular flexibility index (Phi) is 5.78. The second-order valence-corrected chi connectivity index (χ2v) is 9.09. The summed E-state index contributed by atoms with van der Waals surface area (Å²) in [6.07, 6.45) is 0. The van der Waals surface area contributed by atoms with E-state index in [9.17, 15) is 26.4 Å². The molecule has 0 aliphatic carbocycles. The molecule has 0 saturated carbocycles. The summed E-state index contributed by atoms with van der Waals surface area (Å²) in [7, 11) is -4.41. The fourth-order valence-corrected chi connectivity index (χ4v) is 5.11. The van der Waals surface area contributed by atoms with Crippen LogP contribution in [0.15, 0.2) is 51.9 Å². The van der Waals surface area contributed by atoms with Gasteiger partial charge in [-0.05, 0) is 43.3 Å². The summed E-state index contributed by atoms with van der Waals surface area (Å²) in [5.41, 5.74) is 0.923. The molecule has 3 aromatic rings. The number of aromatic nitrogens is 1. The van der Waals surface area contributed by atoms with Crippen molar-refractivity contribution in [2.75, 3.05) is 26.2 Å². The van der Waals surface area contributed by atoms with Gasteiger partial charge >= 0.3 is 0 Å². The van der Waals surface area contributed by atoms with Gasteiger partial charge in [-0.15, -0.1) is 0 Å². The van der Waals surface area contributed by atoms with Crippen LogP contribution in [-0.4, -0.2) is 54.9 Å². The molecular weight excluding hydrogens is 447 g/mol. The number of halogens is 3. The van der Waals surface area contributed by atoms with Crippen molar-refractivity contribution in [3.8, 4) is 11.3 Å². The fraction of sp³-hybridized carbons (Fsp3) is 0.238. The predicted molar refractivity (Wildman–Crippen MR) is 108 cm³/mol. The van der Waals surface area contributed by atoms with Gasteiger partial charge in [0.05, 0.1) is 0 Å². The number of aryl methyl sites for hydroxylation is 1. The lowest BCUT2D eigenvalue weighted by molar-refractivity contribution is 0.0696. The maximum Gasteiger partial charge on any atom is 0.259 e. The van der Waals surface area contributed by atoms with Gasteiger partial charge in [-0.2, -0.15) is 4.31 Å². The molecule has 1 aromatic heterocycles. The summed E-state index contributed by atoms with van der Waals surface area (Å²) in [5, 5.41) is 3.91. The van der Waals surface area contributed by atoms with E-state index < -0.39 is 38.3 Å². The highest BCUT2D eigenvalue weighted by molar-refractivity contribution is 7.89. The van der Waals surface area contributed by atoms with Gasteiger partial charge < -0.3 is 9.42 Å². The van der Waals surface area contributed by atoms with Gasteiger partial charge in [0.1, 0.15) is 34.5 Å². The van der Waals surface area contributed by atoms with Gasteiger partial charge in [0.15, 0.2) is 4.90 Å². The Morgan fingerprint density at radius 2 is 1.56 bits per heavy atom. The second-order valence-electron chi connectivity index (χ2n) is 7.22. The van der Waals surface area contributed by atoms with Gasteiger partial charge in [-0.1, -0.05) is 11.2 Å². The van der Waals surface area contributed by atoms with E-state index in [1.165, 1.54) is 29.2 Å². The Morgan fingerprint density at radius 3 is 2.16 bits per heavy atom. The van der Waals surface area contributed by atoms with Crippen molar-refractivity contribution in [3.05, 3.63) is 71.2 Å². The Morgan fingerprint density at radius 1 is 0.969 bits per heavy atom. The minimum Gasteiger partial charge on any atom is -0.360 e. The van der Waals surface area contributed by atoms with Crippen molar-refractivity contribution in [1.29, 1.82) is 0 Å². The molecule has 0 N–H and O–H groups in total. The number of piperazine rings is 1. The van der Waals surface area contributed by atoms with E-state index in [2.05, 4.69) is 5.16 Å². The van der Waals surface area contributed by atoms with Crippen LogP contribution in [-0.2, 0) is 10.0 Å². The molecule has 0 spiro atoms. The molecule has 11 heteroatoms. The molecule has 4 rings (SSSR count). The maximum atomic E-state index is 14.0. The molecule has 0 atom stereocenters. The summed E-state index contributed by atoms with van der Waals surface area (Å²) in [6, 6.07) is 8.25. The van der Waals surface area contributed by atoms with E-state index >= 15 is 0 Å². The number of nitrogens with zero attached hydrogens (tertiary/aromatic N) is 3. The first-order valence-corrected chi connectivity index (χ1v) is 11.1. The SMILES string of the molecule is Cc1onc(-c2ccc(F)cc2)c1C(=O)N1CCN(S(=O)(=O)c2c(F)cccc2F)CC1. The molecule has 2 heterocycles. The monoisotopic (exact) mass is 465 g/mol. The van der Waals surface area contributed by atoms with Gasteiger partial charge in [0.25, 0.3) is 5.91 Å². The van der Waals surface area contributed by atoms with Crippen molar-refractivity contribution in [1.82, 2.24) is 14.4 Å². The van der Waals surface area contributed by atoms with E-state index in [0.29, 0.717) is 5.56 Å². The van der Waals surface area contributed by atoms with Crippen LogP contribution in [0.3, 0.4) is 0 Å². The van der Waals surface area contributed by atoms with Crippen LogP contribution in [0.4, 0.5) is 13.2 Å². The Labute approximate surface area is 182 Å². The van der Waals surface area contributed by atoms with Crippen molar-refractivity contribution < 1.29 is 30.9 Å². The van der Waals surface area contributed by atoms with Gasteiger partial charge in [0, 0.05) is 31.7 Å². The molecule has 0 bridgehead atoms.